The molecular formula is C6H13NO. The molecule has 0 rings (SSSR count). The van der Waals surface area contributed by atoms with Gasteiger partial charge in [-0.25, -0.2) is 0 Å². The topological polar surface area (TPSA) is 33.1 Å². The van der Waals surface area contributed by atoms with E-state index in [1.807, 2.05) is 13.8 Å². The van der Waals surface area contributed by atoms with Crippen molar-refractivity contribution < 1.29 is 4.74 Å². The third-order valence-corrected chi connectivity index (χ3v) is 0.260. The molecule has 0 fully saturated rings. The van der Waals surface area contributed by atoms with Gasteiger partial charge in [0, 0.05) is 0 Å². The monoisotopic (exact) mass is 115 g/mol. The van der Waals surface area contributed by atoms with E-state index in [2.05, 4.69) is 11.3 Å². The first kappa shape index (κ1) is 10.2. The summed E-state index contributed by atoms with van der Waals surface area (Å²) in [5.74, 6) is 0.546. The van der Waals surface area contributed by atoms with Gasteiger partial charge in [0.15, 0.2) is 6.40 Å². The SMILES string of the molecule is C=C(C)OC=N.CC. The largest absolute Gasteiger partial charge is 0.452 e. The molecule has 0 radical (unpaired) electrons. The second kappa shape index (κ2) is 9.51. The Hall–Kier alpha value is -0.790. The molecule has 8 heavy (non-hydrogen) atoms. The molecular weight excluding hydrogens is 102 g/mol. The van der Waals surface area contributed by atoms with Crippen LogP contribution in [0.2, 0.25) is 0 Å². The molecule has 0 saturated carbocycles. The van der Waals surface area contributed by atoms with Gasteiger partial charge in [-0.2, -0.15) is 0 Å². The molecule has 0 saturated heterocycles. The highest BCUT2D eigenvalue weighted by molar-refractivity contribution is 5.42. The molecule has 0 aliphatic rings. The molecule has 2 heteroatoms. The standard InChI is InChI=1S/C4H7NO.C2H6/c1-4(2)6-3-5;1-2/h3,5H,1H2,2H3;1-2H3. The average molecular weight is 115 g/mol. The first-order valence-corrected chi connectivity index (χ1v) is 2.58. The lowest BCUT2D eigenvalue weighted by atomic mass is 10.7. The molecule has 0 spiro atoms. The van der Waals surface area contributed by atoms with Gasteiger partial charge in [-0.15, -0.1) is 0 Å². The van der Waals surface area contributed by atoms with Crippen molar-refractivity contribution in [2.24, 2.45) is 0 Å². The van der Waals surface area contributed by atoms with Gasteiger partial charge < -0.3 is 4.74 Å². The summed E-state index contributed by atoms with van der Waals surface area (Å²) in [6.45, 7) is 9.06. The highest BCUT2D eigenvalue weighted by Gasteiger charge is 1.70. The predicted octanol–water partition coefficient (Wildman–Crippen LogP) is 2.17. The Labute approximate surface area is 50.7 Å². The van der Waals surface area contributed by atoms with E-state index < -0.39 is 0 Å². The fourth-order valence-corrected chi connectivity index (χ4v) is 0.101. The summed E-state index contributed by atoms with van der Waals surface area (Å²) < 4.78 is 4.39. The molecule has 0 atom stereocenters. The first-order chi connectivity index (χ1) is 3.77. The third kappa shape index (κ3) is 18.9. The van der Waals surface area contributed by atoms with Crippen LogP contribution in [-0.2, 0) is 4.74 Å². The second-order valence-electron chi connectivity index (χ2n) is 0.938. The Morgan fingerprint density at radius 3 is 2.00 bits per heavy atom. The number of ether oxygens (including phenoxy) is 1. The van der Waals surface area contributed by atoms with E-state index in [9.17, 15) is 0 Å². The van der Waals surface area contributed by atoms with Gasteiger partial charge in [-0.1, -0.05) is 20.4 Å². The average Bonchev–Trinajstić information content (AvgIpc) is 1.72. The zero-order valence-corrected chi connectivity index (χ0v) is 5.69. The maximum absolute atomic E-state index is 6.32. The van der Waals surface area contributed by atoms with Crippen LogP contribution in [0.1, 0.15) is 20.8 Å². The van der Waals surface area contributed by atoms with Crippen molar-refractivity contribution in [1.29, 1.82) is 5.41 Å². The smallest absolute Gasteiger partial charge is 0.173 e. The molecule has 0 unspecified atom stereocenters. The molecule has 48 valence electrons. The lowest BCUT2D eigenvalue weighted by molar-refractivity contribution is 0.436. The molecule has 0 aromatic rings. The highest BCUT2D eigenvalue weighted by atomic mass is 16.5. The lowest BCUT2D eigenvalue weighted by Crippen LogP contribution is -1.77. The molecule has 0 heterocycles. The Balaban J connectivity index is 0. The molecule has 0 aliphatic heterocycles. The summed E-state index contributed by atoms with van der Waals surface area (Å²) in [6, 6.07) is 0. The minimum atomic E-state index is 0.546. The van der Waals surface area contributed by atoms with Crippen LogP contribution in [0.15, 0.2) is 12.3 Å². The Morgan fingerprint density at radius 1 is 1.62 bits per heavy atom. The van der Waals surface area contributed by atoms with E-state index in [4.69, 9.17) is 5.41 Å². The van der Waals surface area contributed by atoms with Crippen LogP contribution >= 0.6 is 0 Å². The summed E-state index contributed by atoms with van der Waals surface area (Å²) in [6.07, 6.45) is 0.850. The van der Waals surface area contributed by atoms with Crippen molar-refractivity contribution in [2.45, 2.75) is 20.8 Å². The van der Waals surface area contributed by atoms with Crippen LogP contribution in [0.25, 0.3) is 0 Å². The van der Waals surface area contributed by atoms with Crippen LogP contribution in [0.4, 0.5) is 0 Å². The van der Waals surface area contributed by atoms with Gasteiger partial charge in [-0.3, -0.25) is 5.41 Å². The zero-order chi connectivity index (χ0) is 6.99. The fraction of sp³-hybridized carbons (Fsp3) is 0.500. The van der Waals surface area contributed by atoms with Crippen molar-refractivity contribution >= 4 is 6.40 Å². The van der Waals surface area contributed by atoms with Gasteiger partial charge in [0.25, 0.3) is 0 Å². The van der Waals surface area contributed by atoms with E-state index in [1.165, 1.54) is 0 Å². The number of nitrogens with one attached hydrogen (secondary N) is 1. The maximum Gasteiger partial charge on any atom is 0.173 e. The summed E-state index contributed by atoms with van der Waals surface area (Å²) in [7, 11) is 0. The van der Waals surface area contributed by atoms with Crippen LogP contribution < -0.4 is 0 Å². The van der Waals surface area contributed by atoms with Crippen LogP contribution in [-0.4, -0.2) is 6.40 Å². The summed E-state index contributed by atoms with van der Waals surface area (Å²) in [4.78, 5) is 0. The fourth-order valence-electron chi connectivity index (χ4n) is 0.101. The number of allylic oxidation sites excluding steroid dienone is 1. The van der Waals surface area contributed by atoms with E-state index in [0.717, 1.165) is 6.40 Å². The highest BCUT2D eigenvalue weighted by Crippen LogP contribution is 1.81. The second-order valence-corrected chi connectivity index (χ2v) is 0.938. The Kier molecular flexibility index (Phi) is 12.2. The van der Waals surface area contributed by atoms with Crippen molar-refractivity contribution in [1.82, 2.24) is 0 Å². The van der Waals surface area contributed by atoms with Crippen molar-refractivity contribution in [2.75, 3.05) is 0 Å². The van der Waals surface area contributed by atoms with Crippen molar-refractivity contribution in [3.63, 3.8) is 0 Å². The zero-order valence-electron chi connectivity index (χ0n) is 5.69. The van der Waals surface area contributed by atoms with Crippen molar-refractivity contribution in [3.05, 3.63) is 12.3 Å². The quantitative estimate of drug-likeness (QED) is 0.334. The minimum absolute atomic E-state index is 0.546. The van der Waals surface area contributed by atoms with E-state index in [1.54, 1.807) is 6.92 Å². The molecule has 0 aliphatic carbocycles. The van der Waals surface area contributed by atoms with Gasteiger partial charge >= 0.3 is 0 Å². The molecule has 0 bridgehead atoms. The van der Waals surface area contributed by atoms with E-state index in [-0.39, 0.29) is 0 Å². The number of hydrogen-bond acceptors (Lipinski definition) is 2. The number of hydrogen-bond donors (Lipinski definition) is 1. The number of rotatable bonds is 2. The first-order valence-electron chi connectivity index (χ1n) is 2.58. The van der Waals surface area contributed by atoms with E-state index >= 15 is 0 Å². The minimum Gasteiger partial charge on any atom is -0.452 e. The molecule has 0 aromatic heterocycles. The Morgan fingerprint density at radius 2 is 2.00 bits per heavy atom. The molecule has 1 N–H and O–H groups in total. The lowest BCUT2D eigenvalue weighted by Gasteiger charge is -1.88. The molecule has 0 aromatic carbocycles. The normalized spacial score (nSPS) is 5.88. The van der Waals surface area contributed by atoms with Gasteiger partial charge in [0.1, 0.15) is 0 Å². The van der Waals surface area contributed by atoms with Gasteiger partial charge in [-0.05, 0) is 6.92 Å². The third-order valence-electron chi connectivity index (χ3n) is 0.260. The van der Waals surface area contributed by atoms with E-state index in [0.29, 0.717) is 5.76 Å². The summed E-state index contributed by atoms with van der Waals surface area (Å²) in [5, 5.41) is 6.32. The predicted molar refractivity (Wildman–Crippen MR) is 36.0 cm³/mol. The summed E-state index contributed by atoms with van der Waals surface area (Å²) >= 11 is 0. The van der Waals surface area contributed by atoms with Gasteiger partial charge in [0.05, 0.1) is 5.76 Å². The van der Waals surface area contributed by atoms with Gasteiger partial charge in [0.2, 0.25) is 0 Å². The van der Waals surface area contributed by atoms with Crippen LogP contribution in [0.3, 0.4) is 0 Å². The molecule has 0 amide bonds. The Bertz CT molecular complexity index is 68.9. The van der Waals surface area contributed by atoms with Crippen LogP contribution in [0.5, 0.6) is 0 Å². The van der Waals surface area contributed by atoms with Crippen LogP contribution in [0, 0.1) is 5.41 Å². The maximum atomic E-state index is 6.32. The van der Waals surface area contributed by atoms with Crippen molar-refractivity contribution in [3.8, 4) is 0 Å². The summed E-state index contributed by atoms with van der Waals surface area (Å²) in [5.41, 5.74) is 0. The molecule has 2 nitrogen and oxygen atoms in total.